The third kappa shape index (κ3) is 2.66. The Kier molecular flexibility index (Phi) is 3.94. The fraction of sp³-hybridized carbons (Fsp3) is 0.438. The van der Waals surface area contributed by atoms with Crippen molar-refractivity contribution in [2.75, 3.05) is 7.11 Å². The fourth-order valence-electron chi connectivity index (χ4n) is 3.12. The number of ether oxygens (including phenoxy) is 1. The van der Waals surface area contributed by atoms with Crippen LogP contribution in [-0.2, 0) is 11.3 Å². The van der Waals surface area contributed by atoms with E-state index in [1.807, 2.05) is 12.1 Å². The van der Waals surface area contributed by atoms with Crippen LogP contribution < -0.4 is 5.32 Å². The number of furan rings is 1. The van der Waals surface area contributed by atoms with Crippen molar-refractivity contribution in [1.29, 1.82) is 0 Å². The Labute approximate surface area is 122 Å². The Morgan fingerprint density at radius 2 is 2.24 bits per heavy atom. The van der Waals surface area contributed by atoms with E-state index in [4.69, 9.17) is 9.15 Å². The second-order valence-corrected chi connectivity index (χ2v) is 5.39. The van der Waals surface area contributed by atoms with Crippen molar-refractivity contribution < 1.29 is 19.1 Å². The lowest BCUT2D eigenvalue weighted by molar-refractivity contribution is 0.0694. The van der Waals surface area contributed by atoms with E-state index in [1.54, 1.807) is 19.2 Å². The number of hydrogen-bond acceptors (Lipinski definition) is 4. The number of nitrogens with one attached hydrogen (secondary N) is 1. The van der Waals surface area contributed by atoms with E-state index in [2.05, 4.69) is 5.32 Å². The minimum absolute atomic E-state index is 0.197. The molecule has 5 nitrogen and oxygen atoms in total. The summed E-state index contributed by atoms with van der Waals surface area (Å²) in [7, 11) is 1.72. The molecule has 3 rings (SSSR count). The van der Waals surface area contributed by atoms with Crippen LogP contribution in [0.3, 0.4) is 0 Å². The van der Waals surface area contributed by atoms with Gasteiger partial charge in [-0.05, 0) is 25.3 Å². The van der Waals surface area contributed by atoms with Crippen molar-refractivity contribution in [1.82, 2.24) is 5.32 Å². The number of aromatic carboxylic acids is 1. The molecule has 2 unspecified atom stereocenters. The lowest BCUT2D eigenvalue weighted by Crippen LogP contribution is -2.36. The van der Waals surface area contributed by atoms with E-state index < -0.39 is 5.97 Å². The first-order valence-corrected chi connectivity index (χ1v) is 7.20. The predicted octanol–water partition coefficient (Wildman–Crippen LogP) is 2.79. The summed E-state index contributed by atoms with van der Waals surface area (Å²) in [5.41, 5.74) is 0.867. The Bertz CT molecular complexity index is 649. The smallest absolute Gasteiger partial charge is 0.339 e. The zero-order valence-electron chi connectivity index (χ0n) is 12.0. The fourth-order valence-corrected chi connectivity index (χ4v) is 3.12. The highest BCUT2D eigenvalue weighted by molar-refractivity contribution is 6.03. The van der Waals surface area contributed by atoms with Crippen LogP contribution in [0.15, 0.2) is 28.7 Å². The van der Waals surface area contributed by atoms with Crippen molar-refractivity contribution in [3.63, 3.8) is 0 Å². The van der Waals surface area contributed by atoms with Gasteiger partial charge < -0.3 is 19.6 Å². The summed E-state index contributed by atoms with van der Waals surface area (Å²) < 4.78 is 11.1. The average molecular weight is 289 g/mol. The largest absolute Gasteiger partial charge is 0.478 e. The standard InChI is InChI=1S/C16H19NO4/c1-20-13-8-4-6-11(13)17-9-14-15(16(18)19)10-5-2-3-7-12(10)21-14/h2-3,5,7,11,13,17H,4,6,8-9H2,1H3,(H,18,19). The van der Waals surface area contributed by atoms with Crippen molar-refractivity contribution in [3.8, 4) is 0 Å². The molecule has 1 aliphatic rings. The quantitative estimate of drug-likeness (QED) is 0.885. The third-order valence-corrected chi connectivity index (χ3v) is 4.16. The van der Waals surface area contributed by atoms with Gasteiger partial charge in [-0.2, -0.15) is 0 Å². The summed E-state index contributed by atoms with van der Waals surface area (Å²) >= 11 is 0. The number of benzene rings is 1. The molecule has 0 bridgehead atoms. The molecule has 1 saturated carbocycles. The Morgan fingerprint density at radius 1 is 1.43 bits per heavy atom. The van der Waals surface area contributed by atoms with Crippen LogP contribution in [0.2, 0.25) is 0 Å². The van der Waals surface area contributed by atoms with Crippen molar-refractivity contribution in [2.45, 2.75) is 38.0 Å². The maximum absolute atomic E-state index is 11.5. The molecular weight excluding hydrogens is 270 g/mol. The van der Waals surface area contributed by atoms with Crippen LogP contribution in [0, 0.1) is 0 Å². The van der Waals surface area contributed by atoms with Crippen LogP contribution in [0.5, 0.6) is 0 Å². The van der Waals surface area contributed by atoms with Gasteiger partial charge in [0.05, 0.1) is 12.6 Å². The van der Waals surface area contributed by atoms with E-state index in [1.165, 1.54) is 0 Å². The van der Waals surface area contributed by atoms with Gasteiger partial charge in [-0.1, -0.05) is 18.2 Å². The molecule has 5 heteroatoms. The molecule has 0 radical (unpaired) electrons. The second-order valence-electron chi connectivity index (χ2n) is 5.39. The Morgan fingerprint density at radius 3 is 3.00 bits per heavy atom. The Hall–Kier alpha value is -1.85. The molecule has 2 atom stereocenters. The lowest BCUT2D eigenvalue weighted by atomic mass is 10.1. The number of carbonyl (C=O) groups is 1. The van der Waals surface area contributed by atoms with Gasteiger partial charge in [0.25, 0.3) is 0 Å². The SMILES string of the molecule is COC1CCCC1NCc1oc2ccccc2c1C(=O)O. The molecule has 21 heavy (non-hydrogen) atoms. The van der Waals surface area contributed by atoms with Gasteiger partial charge in [-0.15, -0.1) is 0 Å². The number of fused-ring (bicyclic) bond motifs is 1. The van der Waals surface area contributed by atoms with Gasteiger partial charge in [-0.3, -0.25) is 0 Å². The van der Waals surface area contributed by atoms with E-state index in [0.29, 0.717) is 23.3 Å². The van der Waals surface area contributed by atoms with Crippen LogP contribution in [0.25, 0.3) is 11.0 Å². The van der Waals surface area contributed by atoms with Crippen molar-refractivity contribution in [2.24, 2.45) is 0 Å². The summed E-state index contributed by atoms with van der Waals surface area (Å²) in [4.78, 5) is 11.5. The van der Waals surface area contributed by atoms with Gasteiger partial charge in [0, 0.05) is 18.5 Å². The molecular formula is C16H19NO4. The summed E-state index contributed by atoms with van der Waals surface area (Å²) in [5, 5.41) is 13.5. The molecule has 1 aromatic heterocycles. The van der Waals surface area contributed by atoms with Gasteiger partial charge in [-0.25, -0.2) is 4.79 Å². The van der Waals surface area contributed by atoms with Crippen LogP contribution in [0.4, 0.5) is 0 Å². The molecule has 1 heterocycles. The maximum atomic E-state index is 11.5. The highest BCUT2D eigenvalue weighted by Gasteiger charge is 2.28. The van der Waals surface area contributed by atoms with Gasteiger partial charge in [0.1, 0.15) is 16.9 Å². The number of methoxy groups -OCH3 is 1. The number of rotatable bonds is 5. The number of hydrogen-bond donors (Lipinski definition) is 2. The minimum atomic E-state index is -0.952. The summed E-state index contributed by atoms with van der Waals surface area (Å²) in [5.74, 6) is -0.475. The molecule has 0 saturated heterocycles. The summed E-state index contributed by atoms with van der Waals surface area (Å²) in [6.07, 6.45) is 3.41. The van der Waals surface area contributed by atoms with E-state index >= 15 is 0 Å². The molecule has 2 N–H and O–H groups in total. The number of carboxylic acids is 1. The zero-order chi connectivity index (χ0) is 14.8. The minimum Gasteiger partial charge on any atom is -0.478 e. The van der Waals surface area contributed by atoms with Crippen molar-refractivity contribution >= 4 is 16.9 Å². The average Bonchev–Trinajstić information content (AvgIpc) is 3.08. The topological polar surface area (TPSA) is 71.7 Å². The lowest BCUT2D eigenvalue weighted by Gasteiger charge is -2.19. The van der Waals surface area contributed by atoms with Gasteiger partial charge in [0.2, 0.25) is 0 Å². The van der Waals surface area contributed by atoms with E-state index in [9.17, 15) is 9.90 Å². The summed E-state index contributed by atoms with van der Waals surface area (Å²) in [6, 6.07) is 7.48. The number of para-hydroxylation sites is 1. The first-order chi connectivity index (χ1) is 10.2. The molecule has 1 aliphatic carbocycles. The monoisotopic (exact) mass is 289 g/mol. The number of carboxylic acid groups (broad SMARTS) is 1. The summed E-state index contributed by atoms with van der Waals surface area (Å²) in [6.45, 7) is 0.404. The van der Waals surface area contributed by atoms with Crippen LogP contribution in [-0.4, -0.2) is 30.3 Å². The van der Waals surface area contributed by atoms with Crippen molar-refractivity contribution in [3.05, 3.63) is 35.6 Å². The molecule has 1 aromatic carbocycles. The van der Waals surface area contributed by atoms with Crippen LogP contribution in [0.1, 0.15) is 35.4 Å². The van der Waals surface area contributed by atoms with Gasteiger partial charge >= 0.3 is 5.97 Å². The molecule has 112 valence electrons. The highest BCUT2D eigenvalue weighted by Crippen LogP contribution is 2.27. The maximum Gasteiger partial charge on any atom is 0.339 e. The first-order valence-electron chi connectivity index (χ1n) is 7.20. The molecule has 1 fully saturated rings. The van der Waals surface area contributed by atoms with E-state index in [-0.39, 0.29) is 17.7 Å². The predicted molar refractivity (Wildman–Crippen MR) is 78.4 cm³/mol. The van der Waals surface area contributed by atoms with Gasteiger partial charge in [0.15, 0.2) is 0 Å². The zero-order valence-corrected chi connectivity index (χ0v) is 12.0. The molecule has 0 spiro atoms. The molecule has 2 aromatic rings. The third-order valence-electron chi connectivity index (χ3n) is 4.16. The first kappa shape index (κ1) is 14.1. The highest BCUT2D eigenvalue weighted by atomic mass is 16.5. The molecule has 0 aliphatic heterocycles. The Balaban J connectivity index is 1.83. The van der Waals surface area contributed by atoms with E-state index in [0.717, 1.165) is 19.3 Å². The second kappa shape index (κ2) is 5.87. The van der Waals surface area contributed by atoms with Crippen LogP contribution >= 0.6 is 0 Å². The normalized spacial score (nSPS) is 22.0. The molecule has 0 amide bonds.